The van der Waals surface area contributed by atoms with E-state index >= 15 is 0 Å². The first kappa shape index (κ1) is 20.0. The molecule has 0 radical (unpaired) electrons. The van der Waals surface area contributed by atoms with Crippen LogP contribution in [0.2, 0.25) is 0 Å². The molecule has 0 aromatic heterocycles. The van der Waals surface area contributed by atoms with Crippen molar-refractivity contribution in [2.24, 2.45) is 0 Å². The SMILES string of the molecule is c1ccc(-c2ccc3c(c2)CN(CN2COc4ccc(-c5ccccc5)cc4C2)CO3)cc1. The van der Waals surface area contributed by atoms with Crippen LogP contribution in [0.15, 0.2) is 97.1 Å². The Morgan fingerprint density at radius 1 is 0.515 bits per heavy atom. The van der Waals surface area contributed by atoms with Crippen LogP contribution in [0, 0.1) is 0 Å². The maximum absolute atomic E-state index is 6.07. The summed E-state index contributed by atoms with van der Waals surface area (Å²) in [5.74, 6) is 1.97. The van der Waals surface area contributed by atoms with Crippen LogP contribution in [0.25, 0.3) is 22.3 Å². The smallest absolute Gasteiger partial charge is 0.143 e. The highest BCUT2D eigenvalue weighted by Gasteiger charge is 2.23. The van der Waals surface area contributed by atoms with E-state index in [1.165, 1.54) is 33.4 Å². The van der Waals surface area contributed by atoms with Gasteiger partial charge in [-0.15, -0.1) is 0 Å². The van der Waals surface area contributed by atoms with Crippen LogP contribution in [0.3, 0.4) is 0 Å². The lowest BCUT2D eigenvalue weighted by Crippen LogP contribution is -2.44. The molecule has 2 aliphatic rings. The van der Waals surface area contributed by atoms with Crippen molar-refractivity contribution in [3.05, 3.63) is 108 Å². The normalized spacial score (nSPS) is 15.8. The van der Waals surface area contributed by atoms with E-state index in [0.717, 1.165) is 31.3 Å². The number of ether oxygens (including phenoxy) is 2. The van der Waals surface area contributed by atoms with Gasteiger partial charge < -0.3 is 9.47 Å². The summed E-state index contributed by atoms with van der Waals surface area (Å²) in [7, 11) is 0. The summed E-state index contributed by atoms with van der Waals surface area (Å²) in [5, 5.41) is 0. The van der Waals surface area contributed by atoms with Crippen molar-refractivity contribution >= 4 is 0 Å². The van der Waals surface area contributed by atoms with Gasteiger partial charge in [0.25, 0.3) is 0 Å². The molecule has 4 heteroatoms. The second kappa shape index (κ2) is 8.74. The molecule has 6 rings (SSSR count). The van der Waals surface area contributed by atoms with Gasteiger partial charge in [-0.1, -0.05) is 72.8 Å². The van der Waals surface area contributed by atoms with Gasteiger partial charge in [-0.2, -0.15) is 0 Å². The van der Waals surface area contributed by atoms with Crippen molar-refractivity contribution < 1.29 is 9.47 Å². The number of benzene rings is 4. The van der Waals surface area contributed by atoms with E-state index in [-0.39, 0.29) is 0 Å². The molecule has 0 N–H and O–H groups in total. The van der Waals surface area contributed by atoms with E-state index < -0.39 is 0 Å². The quantitative estimate of drug-likeness (QED) is 0.394. The number of nitrogens with zero attached hydrogens (tertiary/aromatic N) is 2. The van der Waals surface area contributed by atoms with Gasteiger partial charge in [0.1, 0.15) is 25.0 Å². The minimum absolute atomic E-state index is 0.588. The summed E-state index contributed by atoms with van der Waals surface area (Å²) in [6.07, 6.45) is 0. The monoisotopic (exact) mass is 434 g/mol. The Kier molecular flexibility index (Phi) is 5.31. The van der Waals surface area contributed by atoms with Gasteiger partial charge in [-0.05, 0) is 46.5 Å². The third-order valence-electron chi connectivity index (χ3n) is 6.33. The third-order valence-corrected chi connectivity index (χ3v) is 6.33. The summed E-state index contributed by atoms with van der Waals surface area (Å²) in [4.78, 5) is 4.65. The zero-order valence-corrected chi connectivity index (χ0v) is 18.5. The maximum Gasteiger partial charge on any atom is 0.143 e. The summed E-state index contributed by atoms with van der Waals surface area (Å²) in [6, 6.07) is 34.0. The van der Waals surface area contributed by atoms with Crippen LogP contribution < -0.4 is 9.47 Å². The van der Waals surface area contributed by atoms with E-state index in [1.54, 1.807) is 0 Å². The summed E-state index contributed by atoms with van der Waals surface area (Å²) >= 11 is 0. The number of rotatable bonds is 4. The number of hydrogen-bond acceptors (Lipinski definition) is 4. The Bertz CT molecular complexity index is 1160. The first-order valence-electron chi connectivity index (χ1n) is 11.4. The minimum Gasteiger partial charge on any atom is -0.478 e. The van der Waals surface area contributed by atoms with E-state index in [0.29, 0.717) is 13.5 Å². The molecule has 0 bridgehead atoms. The highest BCUT2D eigenvalue weighted by molar-refractivity contribution is 5.66. The molecule has 164 valence electrons. The summed E-state index contributed by atoms with van der Waals surface area (Å²) in [6.45, 7) is 3.70. The van der Waals surface area contributed by atoms with Gasteiger partial charge >= 0.3 is 0 Å². The molecular formula is C29H26N2O2. The molecule has 4 aromatic carbocycles. The van der Waals surface area contributed by atoms with Crippen molar-refractivity contribution in [2.75, 3.05) is 20.1 Å². The molecule has 4 aromatic rings. The topological polar surface area (TPSA) is 24.9 Å². The molecule has 0 unspecified atom stereocenters. The van der Waals surface area contributed by atoms with Crippen molar-refractivity contribution in [3.63, 3.8) is 0 Å². The highest BCUT2D eigenvalue weighted by Crippen LogP contribution is 2.32. The number of fused-ring (bicyclic) bond motifs is 2. The van der Waals surface area contributed by atoms with Crippen molar-refractivity contribution in [1.29, 1.82) is 0 Å². The molecule has 33 heavy (non-hydrogen) atoms. The Morgan fingerprint density at radius 3 is 1.42 bits per heavy atom. The standard InChI is InChI=1S/C29H26N2O2/c1-3-7-22(8-4-1)24-11-13-28-26(15-24)17-30(20-32-28)19-31-18-27-16-25(12-14-29(27)33-21-31)23-9-5-2-6-10-23/h1-16H,17-21H2. The largest absolute Gasteiger partial charge is 0.478 e. The zero-order valence-electron chi connectivity index (χ0n) is 18.5. The molecule has 0 fully saturated rings. The fraction of sp³-hybridized carbons (Fsp3) is 0.172. The maximum atomic E-state index is 6.07. The third kappa shape index (κ3) is 4.23. The predicted octanol–water partition coefficient (Wildman–Crippen LogP) is 5.98. The zero-order chi connectivity index (χ0) is 22.0. The van der Waals surface area contributed by atoms with Crippen LogP contribution in [-0.2, 0) is 13.1 Å². The van der Waals surface area contributed by atoms with Crippen LogP contribution in [-0.4, -0.2) is 29.9 Å². The molecule has 0 spiro atoms. The van der Waals surface area contributed by atoms with Gasteiger partial charge in [0.05, 0.1) is 6.67 Å². The van der Waals surface area contributed by atoms with E-state index in [1.807, 2.05) is 12.1 Å². The summed E-state index contributed by atoms with van der Waals surface area (Å²) < 4.78 is 12.1. The Morgan fingerprint density at radius 2 is 0.970 bits per heavy atom. The van der Waals surface area contributed by atoms with E-state index in [9.17, 15) is 0 Å². The van der Waals surface area contributed by atoms with Crippen molar-refractivity contribution in [3.8, 4) is 33.8 Å². The van der Waals surface area contributed by atoms with Gasteiger partial charge in [0, 0.05) is 24.2 Å². The van der Waals surface area contributed by atoms with Crippen molar-refractivity contribution in [2.45, 2.75) is 13.1 Å². The number of hydrogen-bond donors (Lipinski definition) is 0. The Balaban J connectivity index is 1.16. The molecular weight excluding hydrogens is 408 g/mol. The van der Waals surface area contributed by atoms with Gasteiger partial charge in [0.2, 0.25) is 0 Å². The fourth-order valence-electron chi connectivity index (χ4n) is 4.67. The molecule has 0 amide bonds. The second-order valence-corrected chi connectivity index (χ2v) is 8.72. The lowest BCUT2D eigenvalue weighted by Gasteiger charge is -2.36. The molecule has 0 saturated carbocycles. The van der Waals surface area contributed by atoms with E-state index in [4.69, 9.17) is 9.47 Å². The van der Waals surface area contributed by atoms with Crippen molar-refractivity contribution in [1.82, 2.24) is 9.80 Å². The van der Waals surface area contributed by atoms with Gasteiger partial charge in [-0.3, -0.25) is 9.80 Å². The molecule has 0 aliphatic carbocycles. The lowest BCUT2D eigenvalue weighted by atomic mass is 10.0. The molecule has 2 heterocycles. The van der Waals surface area contributed by atoms with Crippen LogP contribution in [0.4, 0.5) is 0 Å². The molecule has 2 aliphatic heterocycles. The van der Waals surface area contributed by atoms with Crippen LogP contribution >= 0.6 is 0 Å². The average molecular weight is 435 g/mol. The first-order valence-corrected chi connectivity index (χ1v) is 11.4. The second-order valence-electron chi connectivity index (χ2n) is 8.72. The van der Waals surface area contributed by atoms with Gasteiger partial charge in [-0.25, -0.2) is 0 Å². The summed E-state index contributed by atoms with van der Waals surface area (Å²) in [5.41, 5.74) is 7.37. The molecule has 0 saturated heterocycles. The lowest BCUT2D eigenvalue weighted by molar-refractivity contribution is -0.00338. The average Bonchev–Trinajstić information content (AvgIpc) is 2.89. The van der Waals surface area contributed by atoms with E-state index in [2.05, 4.69) is 94.7 Å². The first-order chi connectivity index (χ1) is 16.3. The predicted molar refractivity (Wildman–Crippen MR) is 131 cm³/mol. The molecule has 0 atom stereocenters. The van der Waals surface area contributed by atoms with Gasteiger partial charge in [0.15, 0.2) is 0 Å². The Hall–Kier alpha value is -3.60. The highest BCUT2D eigenvalue weighted by atomic mass is 16.5. The minimum atomic E-state index is 0.588. The molecule has 4 nitrogen and oxygen atoms in total. The van der Waals surface area contributed by atoms with Crippen LogP contribution in [0.5, 0.6) is 11.5 Å². The fourth-order valence-corrected chi connectivity index (χ4v) is 4.67. The van der Waals surface area contributed by atoms with Crippen LogP contribution in [0.1, 0.15) is 11.1 Å². The Labute approximate surface area is 194 Å².